The summed E-state index contributed by atoms with van der Waals surface area (Å²) >= 11 is 4.19. The fourth-order valence-electron chi connectivity index (χ4n) is 0.640. The second-order valence-electron chi connectivity index (χ2n) is 3.01. The lowest BCUT2D eigenvalue weighted by Gasteiger charge is -2.04. The first-order valence-electron chi connectivity index (χ1n) is 3.74. The Morgan fingerprint density at radius 1 is 1.40 bits per heavy atom. The van der Waals surface area contributed by atoms with Gasteiger partial charge in [-0.3, -0.25) is 4.79 Å². The van der Waals surface area contributed by atoms with Crippen LogP contribution in [0.15, 0.2) is 0 Å². The van der Waals surface area contributed by atoms with Crippen molar-refractivity contribution in [2.24, 2.45) is 5.92 Å². The maximum atomic E-state index is 11.0. The van der Waals surface area contributed by atoms with Crippen LogP contribution >= 0.6 is 12.6 Å². The summed E-state index contributed by atoms with van der Waals surface area (Å²) in [4.78, 5) is 11.0. The Bertz CT molecular complexity index is 108. The summed E-state index contributed by atoms with van der Waals surface area (Å²) in [5, 5.41) is 0.350. The molecule has 0 heterocycles. The van der Waals surface area contributed by atoms with Crippen LogP contribution in [0.4, 0.5) is 0 Å². The molecule has 1 nitrogen and oxygen atoms in total. The average Bonchev–Trinajstić information content (AvgIpc) is 1.82. The first-order valence-corrected chi connectivity index (χ1v) is 4.26. The first kappa shape index (κ1) is 10.0. The van der Waals surface area contributed by atoms with E-state index < -0.39 is 0 Å². The van der Waals surface area contributed by atoms with Crippen molar-refractivity contribution in [1.82, 2.24) is 0 Å². The first-order chi connectivity index (χ1) is 4.54. The van der Waals surface area contributed by atoms with Crippen LogP contribution in [0.25, 0.3) is 0 Å². The van der Waals surface area contributed by atoms with Gasteiger partial charge in [0.2, 0.25) is 0 Å². The van der Waals surface area contributed by atoms with E-state index >= 15 is 0 Å². The molecule has 0 aromatic carbocycles. The van der Waals surface area contributed by atoms with Crippen molar-refractivity contribution in [2.75, 3.05) is 0 Å². The SMILES string of the molecule is CC(S)CCC(=O)C(C)C. The lowest BCUT2D eigenvalue weighted by Crippen LogP contribution is -2.08. The highest BCUT2D eigenvalue weighted by Gasteiger charge is 2.07. The van der Waals surface area contributed by atoms with Crippen molar-refractivity contribution in [3.63, 3.8) is 0 Å². The van der Waals surface area contributed by atoms with Crippen molar-refractivity contribution in [3.05, 3.63) is 0 Å². The molecule has 0 rings (SSSR count). The minimum absolute atomic E-state index is 0.187. The van der Waals surface area contributed by atoms with Crippen LogP contribution in [-0.2, 0) is 4.79 Å². The second-order valence-corrected chi connectivity index (χ2v) is 3.89. The van der Waals surface area contributed by atoms with Gasteiger partial charge in [-0.1, -0.05) is 20.8 Å². The predicted molar refractivity (Wildman–Crippen MR) is 47.5 cm³/mol. The third kappa shape index (κ3) is 4.86. The lowest BCUT2D eigenvalue weighted by molar-refractivity contribution is -0.121. The third-order valence-corrected chi connectivity index (χ3v) is 1.71. The molecule has 1 unspecified atom stereocenters. The number of ketones is 1. The smallest absolute Gasteiger partial charge is 0.135 e. The number of carbonyl (C=O) groups is 1. The molecule has 0 saturated heterocycles. The predicted octanol–water partition coefficient (Wildman–Crippen LogP) is 2.31. The minimum Gasteiger partial charge on any atom is -0.299 e. The fourth-order valence-corrected chi connectivity index (χ4v) is 0.769. The highest BCUT2D eigenvalue weighted by atomic mass is 32.1. The molecular formula is C8H16OS. The Morgan fingerprint density at radius 2 is 1.90 bits per heavy atom. The van der Waals surface area contributed by atoms with E-state index in [4.69, 9.17) is 0 Å². The zero-order chi connectivity index (χ0) is 8.15. The largest absolute Gasteiger partial charge is 0.299 e. The second kappa shape index (κ2) is 4.78. The molecule has 60 valence electrons. The summed E-state index contributed by atoms with van der Waals surface area (Å²) in [7, 11) is 0. The number of hydrogen-bond acceptors (Lipinski definition) is 2. The molecule has 0 aliphatic heterocycles. The van der Waals surface area contributed by atoms with Gasteiger partial charge in [0, 0.05) is 12.3 Å². The molecule has 0 amide bonds. The van der Waals surface area contributed by atoms with Gasteiger partial charge < -0.3 is 0 Å². The van der Waals surface area contributed by atoms with Gasteiger partial charge in [-0.2, -0.15) is 12.6 Å². The molecule has 0 N–H and O–H groups in total. The Kier molecular flexibility index (Phi) is 4.79. The maximum Gasteiger partial charge on any atom is 0.135 e. The molecular weight excluding hydrogens is 144 g/mol. The van der Waals surface area contributed by atoms with Crippen LogP contribution in [0.2, 0.25) is 0 Å². The van der Waals surface area contributed by atoms with Crippen molar-refractivity contribution >= 4 is 18.4 Å². The minimum atomic E-state index is 0.187. The molecule has 0 bridgehead atoms. The summed E-state index contributed by atoms with van der Waals surface area (Å²) in [6.07, 6.45) is 1.59. The molecule has 0 saturated carbocycles. The highest BCUT2D eigenvalue weighted by molar-refractivity contribution is 7.80. The summed E-state index contributed by atoms with van der Waals surface area (Å²) in [6.45, 7) is 5.88. The molecule has 0 aromatic rings. The van der Waals surface area contributed by atoms with Crippen molar-refractivity contribution in [3.8, 4) is 0 Å². The third-order valence-electron chi connectivity index (χ3n) is 1.45. The lowest BCUT2D eigenvalue weighted by atomic mass is 10.0. The van der Waals surface area contributed by atoms with Crippen LogP contribution < -0.4 is 0 Å². The van der Waals surface area contributed by atoms with E-state index in [9.17, 15) is 4.79 Å². The number of Topliss-reactive ketones (excluding diaryl/α,β-unsaturated/α-hetero) is 1. The van der Waals surface area contributed by atoms with Gasteiger partial charge in [0.25, 0.3) is 0 Å². The molecule has 0 aromatic heterocycles. The summed E-state index contributed by atoms with van der Waals surface area (Å²) in [6, 6.07) is 0. The molecule has 0 fully saturated rings. The standard InChI is InChI=1S/C8H16OS/c1-6(2)8(9)5-4-7(3)10/h6-7,10H,4-5H2,1-3H3. The number of rotatable bonds is 4. The van der Waals surface area contributed by atoms with Crippen LogP contribution in [0, 0.1) is 5.92 Å². The van der Waals surface area contributed by atoms with Gasteiger partial charge in [-0.05, 0) is 11.7 Å². The van der Waals surface area contributed by atoms with E-state index in [-0.39, 0.29) is 5.92 Å². The normalized spacial score (nSPS) is 13.7. The summed E-state index contributed by atoms with van der Waals surface area (Å²) in [5.41, 5.74) is 0. The van der Waals surface area contributed by atoms with Crippen molar-refractivity contribution < 1.29 is 4.79 Å². The molecule has 0 aliphatic rings. The van der Waals surface area contributed by atoms with Crippen LogP contribution in [0.3, 0.4) is 0 Å². The Hall–Kier alpha value is 0.0200. The van der Waals surface area contributed by atoms with Gasteiger partial charge in [0.15, 0.2) is 0 Å². The quantitative estimate of drug-likeness (QED) is 0.624. The van der Waals surface area contributed by atoms with E-state index in [1.54, 1.807) is 0 Å². The van der Waals surface area contributed by atoms with Gasteiger partial charge in [-0.15, -0.1) is 0 Å². The maximum absolute atomic E-state index is 11.0. The Balaban J connectivity index is 3.40. The van der Waals surface area contributed by atoms with E-state index in [2.05, 4.69) is 12.6 Å². The zero-order valence-electron chi connectivity index (χ0n) is 6.92. The Labute approximate surface area is 68.6 Å². The summed E-state index contributed by atoms with van der Waals surface area (Å²) < 4.78 is 0. The average molecular weight is 160 g/mol. The van der Waals surface area contributed by atoms with Crippen molar-refractivity contribution in [1.29, 1.82) is 0 Å². The molecule has 0 aliphatic carbocycles. The zero-order valence-corrected chi connectivity index (χ0v) is 7.82. The van der Waals surface area contributed by atoms with Gasteiger partial charge in [0.05, 0.1) is 0 Å². The van der Waals surface area contributed by atoms with Crippen LogP contribution in [0.1, 0.15) is 33.6 Å². The van der Waals surface area contributed by atoms with E-state index in [0.717, 1.165) is 6.42 Å². The molecule has 0 radical (unpaired) electrons. The monoisotopic (exact) mass is 160 g/mol. The van der Waals surface area contributed by atoms with Crippen LogP contribution in [0.5, 0.6) is 0 Å². The van der Waals surface area contributed by atoms with E-state index in [1.807, 2.05) is 20.8 Å². The van der Waals surface area contributed by atoms with Crippen molar-refractivity contribution in [2.45, 2.75) is 38.9 Å². The van der Waals surface area contributed by atoms with Gasteiger partial charge in [-0.25, -0.2) is 0 Å². The van der Waals surface area contributed by atoms with E-state index in [1.165, 1.54) is 0 Å². The summed E-state index contributed by atoms with van der Waals surface area (Å²) in [5.74, 6) is 0.535. The topological polar surface area (TPSA) is 17.1 Å². The van der Waals surface area contributed by atoms with E-state index in [0.29, 0.717) is 17.5 Å². The molecule has 10 heavy (non-hydrogen) atoms. The van der Waals surface area contributed by atoms with Crippen LogP contribution in [-0.4, -0.2) is 11.0 Å². The molecule has 1 atom stereocenters. The number of carbonyl (C=O) groups excluding carboxylic acids is 1. The number of thiol groups is 1. The van der Waals surface area contributed by atoms with Gasteiger partial charge in [0.1, 0.15) is 5.78 Å². The Morgan fingerprint density at radius 3 is 2.20 bits per heavy atom. The molecule has 2 heteroatoms. The number of hydrogen-bond donors (Lipinski definition) is 1. The van der Waals surface area contributed by atoms with Gasteiger partial charge >= 0.3 is 0 Å². The fraction of sp³-hybridized carbons (Fsp3) is 0.875. The highest BCUT2D eigenvalue weighted by Crippen LogP contribution is 2.07. The molecule has 0 spiro atoms.